The fourth-order valence-corrected chi connectivity index (χ4v) is 7.95. The Labute approximate surface area is 341 Å². The Bertz CT molecular complexity index is 2040. The Morgan fingerprint density at radius 2 is 1.05 bits per heavy atom. The Morgan fingerprint density at radius 3 is 1.62 bits per heavy atom. The second-order valence-electron chi connectivity index (χ2n) is 15.2. The molecule has 58 heavy (non-hydrogen) atoms. The molecular formula is C40H48Cl2N2O14. The maximum atomic E-state index is 8.49. The van der Waals surface area contributed by atoms with Crippen molar-refractivity contribution in [2.45, 2.75) is 37.8 Å². The molecule has 4 aliphatic rings. The average molecular weight is 852 g/mol. The van der Waals surface area contributed by atoms with Crippen molar-refractivity contribution < 1.29 is 95.1 Å². The second kappa shape index (κ2) is 17.6. The van der Waals surface area contributed by atoms with Crippen LogP contribution in [0.2, 0.25) is 0 Å². The zero-order valence-electron chi connectivity index (χ0n) is 33.5. The molecule has 2 atom stereocenters. The number of quaternary nitrogens is 2. The van der Waals surface area contributed by atoms with Crippen LogP contribution < -0.4 is 65.7 Å². The number of likely N-dealkylation sites (N-methyl/N-ethyl adjacent to an activating group) is 2. The number of ether oxygens (including phenoxy) is 6. The molecule has 8 rings (SSSR count). The standard InChI is InChI=1S/C40H48N2O6.2ClHO4/c1-41(2)17-15-27-22-34(44-6)36-24-30(27)31(41)19-25-9-12-29(13-10-25)47-35-21-26(11-14-33(35)43-5)20-32-38-28(16-18-42(32,3)4)23-37(45-7)39(46-8)40(38)48-36;2*2-1(3,4)5/h9-14,21-24,31-32H,15-20H2,1-8H3;2*(H,2,3,4,5)/q+2;;/p-2/t31-,32?;;/m0../s1. The molecule has 4 aromatic carbocycles. The van der Waals surface area contributed by atoms with Crippen molar-refractivity contribution in [2.24, 2.45) is 0 Å². The average Bonchev–Trinajstić information content (AvgIpc) is 3.12. The number of halogens is 2. The predicted octanol–water partition coefficient (Wildman–Crippen LogP) is -2.06. The van der Waals surface area contributed by atoms with Crippen LogP contribution in [-0.2, 0) is 25.7 Å². The molecule has 0 fully saturated rings. The summed E-state index contributed by atoms with van der Waals surface area (Å²) in [4.78, 5) is 0. The topological polar surface area (TPSA) is 240 Å². The van der Waals surface area contributed by atoms with Crippen molar-refractivity contribution >= 4 is 0 Å². The van der Waals surface area contributed by atoms with Crippen LogP contribution in [0.15, 0.2) is 60.7 Å². The van der Waals surface area contributed by atoms with Gasteiger partial charge in [0, 0.05) is 31.2 Å². The second-order valence-corrected chi connectivity index (χ2v) is 16.8. The summed E-state index contributed by atoms with van der Waals surface area (Å²) in [6, 6.07) is 21.6. The van der Waals surface area contributed by atoms with E-state index in [2.05, 4.69) is 82.8 Å². The molecule has 0 radical (unpaired) electrons. The van der Waals surface area contributed by atoms with Gasteiger partial charge in [0.25, 0.3) is 0 Å². The Balaban J connectivity index is 0.000000574. The molecule has 0 N–H and O–H groups in total. The lowest BCUT2D eigenvalue weighted by Gasteiger charge is -2.44. The van der Waals surface area contributed by atoms with Crippen LogP contribution in [0.1, 0.15) is 45.5 Å². The van der Waals surface area contributed by atoms with E-state index in [1.54, 1.807) is 28.4 Å². The fraction of sp³-hybridized carbons (Fsp3) is 0.400. The van der Waals surface area contributed by atoms with Gasteiger partial charge in [-0.05, 0) is 64.7 Å². The number of hydrogen-bond acceptors (Lipinski definition) is 14. The molecule has 316 valence electrons. The van der Waals surface area contributed by atoms with E-state index < -0.39 is 20.5 Å². The van der Waals surface area contributed by atoms with Gasteiger partial charge in [0.1, 0.15) is 17.8 Å². The first-order chi connectivity index (χ1) is 27.0. The molecule has 16 nitrogen and oxygen atoms in total. The molecule has 1 unspecified atom stereocenters. The predicted molar refractivity (Wildman–Crippen MR) is 186 cm³/mol. The van der Waals surface area contributed by atoms with Crippen LogP contribution in [0, 0.1) is 20.5 Å². The van der Waals surface area contributed by atoms with Crippen LogP contribution >= 0.6 is 0 Å². The summed E-state index contributed by atoms with van der Waals surface area (Å²) in [5.74, 6) is 5.51. The summed E-state index contributed by atoms with van der Waals surface area (Å²) in [5.41, 5.74) is 7.31. The molecule has 0 saturated carbocycles. The van der Waals surface area contributed by atoms with Crippen molar-refractivity contribution in [3.8, 4) is 46.0 Å². The van der Waals surface area contributed by atoms with Gasteiger partial charge in [-0.15, -0.1) is 20.5 Å². The Kier molecular flexibility index (Phi) is 13.6. The smallest absolute Gasteiger partial charge is 0.204 e. The highest BCUT2D eigenvalue weighted by Gasteiger charge is 2.42. The van der Waals surface area contributed by atoms with Gasteiger partial charge in [0.15, 0.2) is 34.5 Å². The lowest BCUT2D eigenvalue weighted by molar-refractivity contribution is -2.00. The molecule has 0 amide bonds. The normalized spacial score (nSPS) is 18.8. The molecule has 4 heterocycles. The number of nitrogens with zero attached hydrogens (tertiary/aromatic N) is 2. The number of fused-ring (bicyclic) bond motifs is 2. The minimum absolute atomic E-state index is 0.0509. The zero-order chi connectivity index (χ0) is 42.8. The van der Waals surface area contributed by atoms with Crippen molar-refractivity contribution in [1.82, 2.24) is 0 Å². The molecule has 0 aromatic heterocycles. The highest BCUT2D eigenvalue weighted by atomic mass is 35.7. The summed E-state index contributed by atoms with van der Waals surface area (Å²) in [7, 11) is 6.14. The minimum atomic E-state index is -4.94. The molecule has 4 aromatic rings. The number of rotatable bonds is 4. The highest BCUT2D eigenvalue weighted by Crippen LogP contribution is 2.53. The van der Waals surface area contributed by atoms with Gasteiger partial charge in [-0.1, -0.05) is 18.2 Å². The molecular weight excluding hydrogens is 803 g/mol. The molecule has 18 heteroatoms. The van der Waals surface area contributed by atoms with Gasteiger partial charge >= 0.3 is 0 Å². The van der Waals surface area contributed by atoms with E-state index in [1.165, 1.54) is 22.3 Å². The maximum Gasteiger partial charge on any atom is 0.204 e. The Morgan fingerprint density at radius 1 is 0.552 bits per heavy atom. The first kappa shape index (κ1) is 45.0. The van der Waals surface area contributed by atoms with E-state index in [0.717, 1.165) is 70.4 Å². The van der Waals surface area contributed by atoms with Gasteiger partial charge in [0.2, 0.25) is 5.75 Å². The SMILES string of the molecule is COc1ccc2cc1Oc1ccc(cc1)C[C@H]1c3cc(c(OC)cc3CC[N+]1(C)C)Oc1c(OC)c(OC)cc3c1C(C2)[N+](C)(C)CC3.[O-][Cl+3]([O-])([O-])[O-].[O-][Cl+3]([O-])([O-])[O-]. The van der Waals surface area contributed by atoms with E-state index in [0.29, 0.717) is 34.5 Å². The number of hydrogen-bond donors (Lipinski definition) is 0. The summed E-state index contributed by atoms with van der Waals surface area (Å²) < 4.78 is 107. The van der Waals surface area contributed by atoms with Crippen LogP contribution in [-0.4, -0.2) is 78.7 Å². The van der Waals surface area contributed by atoms with Gasteiger partial charge in [-0.3, -0.25) is 0 Å². The molecule has 4 aliphatic heterocycles. The van der Waals surface area contributed by atoms with E-state index >= 15 is 0 Å². The monoisotopic (exact) mass is 850 g/mol. The minimum Gasteiger partial charge on any atom is -0.493 e. The summed E-state index contributed by atoms with van der Waals surface area (Å²) in [5, 5.41) is 0. The molecule has 0 aliphatic carbocycles. The van der Waals surface area contributed by atoms with E-state index in [-0.39, 0.29) is 12.1 Å². The lowest BCUT2D eigenvalue weighted by Crippen LogP contribution is -2.68. The van der Waals surface area contributed by atoms with Crippen molar-refractivity contribution in [2.75, 3.05) is 69.7 Å². The van der Waals surface area contributed by atoms with Crippen LogP contribution in [0.25, 0.3) is 0 Å². The van der Waals surface area contributed by atoms with E-state index in [1.807, 2.05) is 6.07 Å². The summed E-state index contributed by atoms with van der Waals surface area (Å²) in [6.07, 6.45) is 3.47. The lowest BCUT2D eigenvalue weighted by atomic mass is 9.85. The first-order valence-corrected chi connectivity index (χ1v) is 20.5. The van der Waals surface area contributed by atoms with Gasteiger partial charge in [0.05, 0.1) is 75.3 Å². The van der Waals surface area contributed by atoms with Crippen LogP contribution in [0.4, 0.5) is 0 Å². The largest absolute Gasteiger partial charge is 0.493 e. The van der Waals surface area contributed by atoms with Gasteiger partial charge < -0.3 is 37.4 Å². The quantitative estimate of drug-likeness (QED) is 0.201. The maximum absolute atomic E-state index is 8.49. The third-order valence-electron chi connectivity index (χ3n) is 10.9. The fourth-order valence-electron chi connectivity index (χ4n) is 7.95. The van der Waals surface area contributed by atoms with Crippen LogP contribution in [0.3, 0.4) is 0 Å². The third kappa shape index (κ3) is 10.9. The Hall–Kier alpha value is -4.14. The van der Waals surface area contributed by atoms with Gasteiger partial charge in [-0.2, -0.15) is 0 Å². The zero-order valence-corrected chi connectivity index (χ0v) is 35.0. The molecule has 0 spiro atoms. The van der Waals surface area contributed by atoms with E-state index in [4.69, 9.17) is 65.7 Å². The van der Waals surface area contributed by atoms with E-state index in [9.17, 15) is 0 Å². The van der Waals surface area contributed by atoms with Crippen molar-refractivity contribution in [3.63, 3.8) is 0 Å². The summed E-state index contributed by atoms with van der Waals surface area (Å²) in [6.45, 7) is 2.00. The molecule has 0 saturated heterocycles. The third-order valence-corrected chi connectivity index (χ3v) is 10.9. The van der Waals surface area contributed by atoms with Crippen LogP contribution in [0.5, 0.6) is 46.0 Å². The first-order valence-electron chi connectivity index (χ1n) is 18.0. The molecule has 6 bridgehead atoms. The number of methoxy groups -OCH3 is 4. The van der Waals surface area contributed by atoms with Gasteiger partial charge in [-0.25, -0.2) is 37.3 Å². The number of benzene rings is 4. The highest BCUT2D eigenvalue weighted by molar-refractivity contribution is 5.63. The van der Waals surface area contributed by atoms with Crippen molar-refractivity contribution in [3.05, 3.63) is 94.0 Å². The van der Waals surface area contributed by atoms with Crippen molar-refractivity contribution in [1.29, 1.82) is 0 Å². The summed E-state index contributed by atoms with van der Waals surface area (Å²) >= 11 is 0.